The molecule has 0 saturated carbocycles. The second-order valence-electron chi connectivity index (χ2n) is 8.40. The summed E-state index contributed by atoms with van der Waals surface area (Å²) in [5.41, 5.74) is 8.05. The number of aromatic carboxylic acids is 2. The summed E-state index contributed by atoms with van der Waals surface area (Å²) in [6.45, 7) is 5.79. The van der Waals surface area contributed by atoms with E-state index in [1.165, 1.54) is 30.3 Å². The number of carbonyl (C=O) groups is 3. The average molecular weight is 489 g/mol. The number of nitrogens with zero attached hydrogens (tertiary/aromatic N) is 2. The zero-order valence-electron chi connectivity index (χ0n) is 19.7. The monoisotopic (exact) mass is 488 g/mol. The maximum absolute atomic E-state index is 12.6. The number of aromatic hydroxyl groups is 1. The summed E-state index contributed by atoms with van der Waals surface area (Å²) >= 11 is 0. The van der Waals surface area contributed by atoms with Gasteiger partial charge in [0.05, 0.1) is 28.5 Å². The maximum Gasteiger partial charge on any atom is 0.337 e. The second-order valence-corrected chi connectivity index (χ2v) is 8.40. The number of carboxylic acids is 2. The van der Waals surface area contributed by atoms with Crippen molar-refractivity contribution in [2.75, 3.05) is 10.4 Å². The van der Waals surface area contributed by atoms with Crippen molar-refractivity contribution in [2.24, 2.45) is 5.10 Å². The van der Waals surface area contributed by atoms with Gasteiger partial charge in [-0.2, -0.15) is 5.10 Å². The highest BCUT2D eigenvalue weighted by molar-refractivity contribution is 6.44. The standard InChI is InChI=1S/C26H24N4O6/c1-13-10-11-16(12-14(13)2)30-15(3)22(24(32)29-30)28-27-20-9-5-7-18(23(20)31)17-6-4-8-19(25(33)34)21(17)26(35)36/h4-12,15,27,31H,1-3H3,(H,29,32)(H,33,34)(H,35,36)/b28-22-. The van der Waals surface area contributed by atoms with Gasteiger partial charge in [0, 0.05) is 11.1 Å². The molecule has 0 bridgehead atoms. The number of nitrogens with one attached hydrogen (secondary N) is 2. The average Bonchev–Trinajstić information content (AvgIpc) is 3.12. The third kappa shape index (κ3) is 4.31. The van der Waals surface area contributed by atoms with Crippen molar-refractivity contribution in [3.05, 3.63) is 76.9 Å². The van der Waals surface area contributed by atoms with Crippen LogP contribution in [0.1, 0.15) is 38.8 Å². The lowest BCUT2D eigenvalue weighted by atomic mass is 9.94. The predicted octanol–water partition coefficient (Wildman–Crippen LogP) is 3.78. The highest BCUT2D eigenvalue weighted by atomic mass is 16.4. The third-order valence-electron chi connectivity index (χ3n) is 6.14. The van der Waals surface area contributed by atoms with Crippen molar-refractivity contribution >= 4 is 34.9 Å². The number of anilines is 2. The molecule has 36 heavy (non-hydrogen) atoms. The number of amides is 1. The predicted molar refractivity (Wildman–Crippen MR) is 135 cm³/mol. The third-order valence-corrected chi connectivity index (χ3v) is 6.14. The number of benzene rings is 3. The van der Waals surface area contributed by atoms with Crippen molar-refractivity contribution < 1.29 is 29.7 Å². The van der Waals surface area contributed by atoms with E-state index >= 15 is 0 Å². The van der Waals surface area contributed by atoms with Gasteiger partial charge in [0.1, 0.15) is 5.75 Å². The molecule has 3 aromatic carbocycles. The number of aryl methyl sites for hydroxylation is 2. The van der Waals surface area contributed by atoms with E-state index in [4.69, 9.17) is 0 Å². The fourth-order valence-corrected chi connectivity index (χ4v) is 4.04. The molecule has 10 heteroatoms. The van der Waals surface area contributed by atoms with Crippen LogP contribution in [0.25, 0.3) is 11.1 Å². The van der Waals surface area contributed by atoms with Crippen molar-refractivity contribution in [3.63, 3.8) is 0 Å². The molecule has 3 aromatic rings. The fourth-order valence-electron chi connectivity index (χ4n) is 4.04. The van der Waals surface area contributed by atoms with Crippen LogP contribution in [-0.2, 0) is 4.79 Å². The van der Waals surface area contributed by atoms with Crippen LogP contribution in [0.5, 0.6) is 5.75 Å². The smallest absolute Gasteiger partial charge is 0.337 e. The second kappa shape index (κ2) is 9.41. The summed E-state index contributed by atoms with van der Waals surface area (Å²) in [7, 11) is 0. The van der Waals surface area contributed by atoms with Gasteiger partial charge in [-0.05, 0) is 56.2 Å². The fraction of sp³-hybridized carbons (Fsp3) is 0.154. The van der Waals surface area contributed by atoms with Crippen LogP contribution in [0, 0.1) is 13.8 Å². The quantitative estimate of drug-likeness (QED) is 0.260. The molecule has 1 unspecified atom stereocenters. The first-order valence-corrected chi connectivity index (χ1v) is 11.0. The van der Waals surface area contributed by atoms with Crippen LogP contribution in [-0.4, -0.2) is 44.9 Å². The van der Waals surface area contributed by atoms with Crippen LogP contribution in [0.4, 0.5) is 11.4 Å². The number of hydrogen-bond acceptors (Lipinski definition) is 7. The number of carbonyl (C=O) groups excluding carboxylic acids is 1. The van der Waals surface area contributed by atoms with E-state index < -0.39 is 35.0 Å². The topological polar surface area (TPSA) is 152 Å². The maximum atomic E-state index is 12.6. The van der Waals surface area contributed by atoms with Gasteiger partial charge >= 0.3 is 11.9 Å². The van der Waals surface area contributed by atoms with Crippen LogP contribution >= 0.6 is 0 Å². The number of carboxylic acid groups (broad SMARTS) is 2. The van der Waals surface area contributed by atoms with Gasteiger partial charge in [-0.1, -0.05) is 30.3 Å². The molecule has 10 nitrogen and oxygen atoms in total. The molecule has 5 N–H and O–H groups in total. The van der Waals surface area contributed by atoms with Crippen molar-refractivity contribution in [2.45, 2.75) is 26.8 Å². The lowest BCUT2D eigenvalue weighted by molar-refractivity contribution is -0.114. The minimum Gasteiger partial charge on any atom is -0.505 e. The van der Waals surface area contributed by atoms with Crippen LogP contribution in [0.2, 0.25) is 0 Å². The van der Waals surface area contributed by atoms with E-state index in [9.17, 15) is 29.7 Å². The number of phenols is 1. The van der Waals surface area contributed by atoms with E-state index in [0.717, 1.165) is 16.8 Å². The van der Waals surface area contributed by atoms with Crippen molar-refractivity contribution in [1.82, 2.24) is 5.43 Å². The van der Waals surface area contributed by atoms with Gasteiger partial charge in [0.2, 0.25) is 0 Å². The molecule has 1 fully saturated rings. The molecule has 184 valence electrons. The molecular formula is C26H24N4O6. The van der Waals surface area contributed by atoms with Crippen molar-refractivity contribution in [1.29, 1.82) is 0 Å². The molecule has 0 radical (unpaired) electrons. The first kappa shape index (κ1) is 24.3. The highest BCUT2D eigenvalue weighted by Gasteiger charge is 2.35. The normalized spacial score (nSPS) is 16.2. The number of phenolic OH excluding ortho intramolecular Hbond substituents is 1. The molecular weight excluding hydrogens is 464 g/mol. The zero-order chi connectivity index (χ0) is 26.1. The Morgan fingerprint density at radius 1 is 0.972 bits per heavy atom. The minimum atomic E-state index is -1.44. The van der Waals surface area contributed by atoms with E-state index in [-0.39, 0.29) is 28.3 Å². The van der Waals surface area contributed by atoms with Gasteiger partial charge in [0.15, 0.2) is 5.71 Å². The summed E-state index contributed by atoms with van der Waals surface area (Å²) < 4.78 is 0. The lowest BCUT2D eigenvalue weighted by Crippen LogP contribution is -2.37. The van der Waals surface area contributed by atoms with Crippen LogP contribution in [0.15, 0.2) is 59.7 Å². The molecule has 1 amide bonds. The molecule has 4 rings (SSSR count). The Bertz CT molecular complexity index is 1430. The Morgan fingerprint density at radius 2 is 1.67 bits per heavy atom. The molecule has 1 heterocycles. The van der Waals surface area contributed by atoms with Gasteiger partial charge in [-0.3, -0.25) is 20.7 Å². The van der Waals surface area contributed by atoms with Gasteiger partial charge in [-0.25, -0.2) is 9.59 Å². The number of hydrazine groups is 1. The van der Waals surface area contributed by atoms with E-state index in [1.54, 1.807) is 18.0 Å². The zero-order valence-corrected chi connectivity index (χ0v) is 19.7. The summed E-state index contributed by atoms with van der Waals surface area (Å²) in [6.07, 6.45) is 0. The van der Waals surface area contributed by atoms with Gasteiger partial charge < -0.3 is 15.3 Å². The SMILES string of the molecule is Cc1ccc(N2NC(=O)/C(=N\Nc3cccc(-c4cccc(C(=O)O)c4C(=O)O)c3O)C2C)cc1C. The number of para-hydroxylation sites is 1. The number of hydrazone groups is 1. The number of rotatable bonds is 6. The van der Waals surface area contributed by atoms with Crippen LogP contribution < -0.4 is 15.9 Å². The van der Waals surface area contributed by atoms with E-state index in [2.05, 4.69) is 16.0 Å². The lowest BCUT2D eigenvalue weighted by Gasteiger charge is -2.22. The Balaban J connectivity index is 1.66. The first-order chi connectivity index (χ1) is 17.1. The van der Waals surface area contributed by atoms with E-state index in [0.29, 0.717) is 0 Å². The molecule has 0 aliphatic carbocycles. The molecule has 0 aromatic heterocycles. The summed E-state index contributed by atoms with van der Waals surface area (Å²) in [4.78, 5) is 36.0. The number of hydrogen-bond donors (Lipinski definition) is 5. The van der Waals surface area contributed by atoms with Crippen LogP contribution in [0.3, 0.4) is 0 Å². The minimum absolute atomic E-state index is 0.0316. The molecule has 0 spiro atoms. The Labute approximate surface area is 206 Å². The Kier molecular flexibility index (Phi) is 6.35. The molecule has 1 aliphatic heterocycles. The Hall–Kier alpha value is -4.86. The van der Waals surface area contributed by atoms with Crippen molar-refractivity contribution in [3.8, 4) is 16.9 Å². The van der Waals surface area contributed by atoms with Gasteiger partial charge in [-0.15, -0.1) is 0 Å². The molecule has 1 atom stereocenters. The summed E-state index contributed by atoms with van der Waals surface area (Å²) in [5, 5.41) is 35.8. The van der Waals surface area contributed by atoms with Gasteiger partial charge in [0.25, 0.3) is 5.91 Å². The molecule has 1 aliphatic rings. The molecule has 1 saturated heterocycles. The summed E-state index contributed by atoms with van der Waals surface area (Å²) in [6, 6.07) is 13.9. The highest BCUT2D eigenvalue weighted by Crippen LogP contribution is 2.38. The Morgan fingerprint density at radius 3 is 2.33 bits per heavy atom. The first-order valence-electron chi connectivity index (χ1n) is 11.0. The summed E-state index contributed by atoms with van der Waals surface area (Å²) in [5.74, 6) is -3.59. The van der Waals surface area contributed by atoms with E-state index in [1.807, 2.05) is 32.0 Å². The largest absolute Gasteiger partial charge is 0.505 e.